The lowest BCUT2D eigenvalue weighted by Gasteiger charge is -2.32. The lowest BCUT2D eigenvalue weighted by molar-refractivity contribution is 0.258. The van der Waals surface area contributed by atoms with Crippen LogP contribution in [-0.4, -0.2) is 5.11 Å². The largest absolute Gasteiger partial charge is 0.507 e. The molecule has 0 aromatic rings. The van der Waals surface area contributed by atoms with Gasteiger partial charge in [-0.15, -0.1) is 0 Å². The number of rotatable bonds is 2. The first-order chi connectivity index (χ1) is 8.39. The van der Waals surface area contributed by atoms with Crippen molar-refractivity contribution in [2.24, 2.45) is 11.3 Å². The van der Waals surface area contributed by atoms with E-state index in [0.717, 1.165) is 24.0 Å². The maximum absolute atomic E-state index is 10.5. The molecule has 1 heteroatoms. The first kappa shape index (κ1) is 14.8. The smallest absolute Gasteiger partial charge is 0.121 e. The third-order valence-electron chi connectivity index (χ3n) is 3.43. The van der Waals surface area contributed by atoms with Gasteiger partial charge >= 0.3 is 0 Å². The fraction of sp³-hybridized carbons (Fsp3) is 0.529. The van der Waals surface area contributed by atoms with Gasteiger partial charge in [0.05, 0.1) is 0 Å². The summed E-state index contributed by atoms with van der Waals surface area (Å²) in [6.07, 6.45) is 10.7. The molecule has 0 amide bonds. The van der Waals surface area contributed by atoms with Gasteiger partial charge < -0.3 is 5.11 Å². The van der Waals surface area contributed by atoms with Gasteiger partial charge in [-0.2, -0.15) is 0 Å². The Kier molecular flexibility index (Phi) is 5.01. The molecule has 0 bridgehead atoms. The highest BCUT2D eigenvalue weighted by atomic mass is 16.3. The lowest BCUT2D eigenvalue weighted by Crippen LogP contribution is -2.20. The lowest BCUT2D eigenvalue weighted by atomic mass is 9.74. The predicted molar refractivity (Wildman–Crippen MR) is 79.5 cm³/mol. The number of aliphatic hydroxyl groups is 1. The highest BCUT2D eigenvalue weighted by Gasteiger charge is 2.27. The molecule has 1 unspecified atom stereocenters. The van der Waals surface area contributed by atoms with Crippen molar-refractivity contribution in [2.75, 3.05) is 0 Å². The maximum Gasteiger partial charge on any atom is 0.121 e. The van der Waals surface area contributed by atoms with Gasteiger partial charge in [0.25, 0.3) is 0 Å². The minimum atomic E-state index is 0.238. The molecular weight excluding hydrogens is 220 g/mol. The van der Waals surface area contributed by atoms with Crippen molar-refractivity contribution in [3.05, 3.63) is 47.8 Å². The molecule has 0 saturated carbocycles. The van der Waals surface area contributed by atoms with Crippen LogP contribution in [0.5, 0.6) is 0 Å². The second kappa shape index (κ2) is 6.08. The minimum absolute atomic E-state index is 0.238. The van der Waals surface area contributed by atoms with Crippen molar-refractivity contribution in [3.8, 4) is 0 Å². The standard InChI is InChI=1S/C17H26O/c1-6-8-14-10-13(3)11-17(4,5)12-15(9-7-2)16(14)18/h6-9,13,18H,1,10-12H2,2-5H3/b9-7+,14-8?,16-15?. The maximum atomic E-state index is 10.5. The molecule has 100 valence electrons. The molecule has 0 fully saturated rings. The van der Waals surface area contributed by atoms with Crippen LogP contribution in [-0.2, 0) is 0 Å². The molecule has 0 aliphatic heterocycles. The van der Waals surface area contributed by atoms with Gasteiger partial charge in [-0.25, -0.2) is 0 Å². The van der Waals surface area contributed by atoms with Gasteiger partial charge in [-0.3, -0.25) is 0 Å². The number of hydrogen-bond acceptors (Lipinski definition) is 1. The average Bonchev–Trinajstić information content (AvgIpc) is 2.24. The second-order valence-corrected chi connectivity index (χ2v) is 6.16. The Morgan fingerprint density at radius 3 is 2.61 bits per heavy atom. The summed E-state index contributed by atoms with van der Waals surface area (Å²) in [6, 6.07) is 0. The molecule has 0 spiro atoms. The van der Waals surface area contributed by atoms with E-state index in [1.165, 1.54) is 6.42 Å². The van der Waals surface area contributed by atoms with Crippen LogP contribution in [0.15, 0.2) is 47.8 Å². The number of allylic oxidation sites excluding steroid dienone is 6. The fourth-order valence-electron chi connectivity index (χ4n) is 2.99. The van der Waals surface area contributed by atoms with Crippen molar-refractivity contribution >= 4 is 0 Å². The Bertz CT molecular complexity index is 394. The summed E-state index contributed by atoms with van der Waals surface area (Å²) in [5, 5.41) is 10.5. The molecular formula is C17H26O. The zero-order chi connectivity index (χ0) is 13.8. The summed E-state index contributed by atoms with van der Waals surface area (Å²) in [5.74, 6) is 1.04. The molecule has 1 atom stereocenters. The highest BCUT2D eigenvalue weighted by molar-refractivity contribution is 5.38. The molecule has 1 rings (SSSR count). The first-order valence-corrected chi connectivity index (χ1v) is 6.76. The van der Waals surface area contributed by atoms with Crippen LogP contribution in [0.1, 0.15) is 47.0 Å². The third-order valence-corrected chi connectivity index (χ3v) is 3.43. The van der Waals surface area contributed by atoms with Gasteiger partial charge in [0, 0.05) is 0 Å². The summed E-state index contributed by atoms with van der Waals surface area (Å²) in [4.78, 5) is 0. The zero-order valence-electron chi connectivity index (χ0n) is 12.2. The molecule has 0 radical (unpaired) electrons. The summed E-state index contributed by atoms with van der Waals surface area (Å²) in [7, 11) is 0. The van der Waals surface area contributed by atoms with Crippen LogP contribution in [0.3, 0.4) is 0 Å². The monoisotopic (exact) mass is 246 g/mol. The summed E-state index contributed by atoms with van der Waals surface area (Å²) in [6.45, 7) is 12.5. The Morgan fingerprint density at radius 2 is 2.06 bits per heavy atom. The van der Waals surface area contributed by atoms with E-state index >= 15 is 0 Å². The number of aliphatic hydroxyl groups excluding tert-OH is 1. The van der Waals surface area contributed by atoms with E-state index in [-0.39, 0.29) is 5.41 Å². The molecule has 1 aliphatic rings. The Hall–Kier alpha value is -1.24. The zero-order valence-corrected chi connectivity index (χ0v) is 12.2. The second-order valence-electron chi connectivity index (χ2n) is 6.16. The van der Waals surface area contributed by atoms with Gasteiger partial charge in [0.15, 0.2) is 0 Å². The quantitative estimate of drug-likeness (QED) is 0.698. The van der Waals surface area contributed by atoms with Gasteiger partial charge in [0.1, 0.15) is 5.76 Å². The van der Waals surface area contributed by atoms with Gasteiger partial charge in [-0.05, 0) is 48.7 Å². The van der Waals surface area contributed by atoms with Crippen LogP contribution in [0.25, 0.3) is 0 Å². The SMILES string of the molecule is C=CC=C1CC(C)CC(C)(C)CC(/C=C/C)=C1O. The Balaban J connectivity index is 3.25. The summed E-state index contributed by atoms with van der Waals surface area (Å²) < 4.78 is 0. The van der Waals surface area contributed by atoms with E-state index in [1.54, 1.807) is 6.08 Å². The first-order valence-electron chi connectivity index (χ1n) is 6.76. The van der Waals surface area contributed by atoms with Crippen molar-refractivity contribution in [1.82, 2.24) is 0 Å². The van der Waals surface area contributed by atoms with E-state index < -0.39 is 0 Å². The van der Waals surface area contributed by atoms with E-state index in [0.29, 0.717) is 11.7 Å². The topological polar surface area (TPSA) is 20.2 Å². The molecule has 18 heavy (non-hydrogen) atoms. The van der Waals surface area contributed by atoms with E-state index in [9.17, 15) is 5.11 Å². The van der Waals surface area contributed by atoms with E-state index in [2.05, 4.69) is 27.4 Å². The summed E-state index contributed by atoms with van der Waals surface area (Å²) in [5.41, 5.74) is 2.30. The van der Waals surface area contributed by atoms with Crippen LogP contribution >= 0.6 is 0 Å². The van der Waals surface area contributed by atoms with Gasteiger partial charge in [0.2, 0.25) is 0 Å². The average molecular weight is 246 g/mol. The molecule has 0 saturated heterocycles. The van der Waals surface area contributed by atoms with E-state index in [1.807, 2.05) is 25.2 Å². The minimum Gasteiger partial charge on any atom is -0.507 e. The normalized spacial score (nSPS) is 27.3. The van der Waals surface area contributed by atoms with E-state index in [4.69, 9.17) is 0 Å². The third kappa shape index (κ3) is 3.90. The van der Waals surface area contributed by atoms with Gasteiger partial charge in [-0.1, -0.05) is 51.7 Å². The van der Waals surface area contributed by atoms with Crippen LogP contribution < -0.4 is 0 Å². The van der Waals surface area contributed by atoms with Crippen LogP contribution in [0.4, 0.5) is 0 Å². The molecule has 1 nitrogen and oxygen atoms in total. The highest BCUT2D eigenvalue weighted by Crippen LogP contribution is 2.39. The van der Waals surface area contributed by atoms with Crippen molar-refractivity contribution in [1.29, 1.82) is 0 Å². The molecule has 1 N–H and O–H groups in total. The predicted octanol–water partition coefficient (Wildman–Crippen LogP) is 5.33. The molecule has 0 aromatic carbocycles. The molecule has 0 aromatic heterocycles. The van der Waals surface area contributed by atoms with Crippen LogP contribution in [0.2, 0.25) is 0 Å². The van der Waals surface area contributed by atoms with Crippen LogP contribution in [0, 0.1) is 11.3 Å². The molecule has 1 aliphatic carbocycles. The molecule has 0 heterocycles. The Labute approximate surface area is 112 Å². The summed E-state index contributed by atoms with van der Waals surface area (Å²) >= 11 is 0. The fourth-order valence-corrected chi connectivity index (χ4v) is 2.99. The number of hydrogen-bond donors (Lipinski definition) is 1. The van der Waals surface area contributed by atoms with Crippen molar-refractivity contribution in [2.45, 2.75) is 47.0 Å². The Morgan fingerprint density at radius 1 is 1.39 bits per heavy atom. The van der Waals surface area contributed by atoms with Crippen molar-refractivity contribution in [3.63, 3.8) is 0 Å². The van der Waals surface area contributed by atoms with Crippen molar-refractivity contribution < 1.29 is 5.11 Å².